The third kappa shape index (κ3) is 3.45. The summed E-state index contributed by atoms with van der Waals surface area (Å²) in [5, 5.41) is 24.5. The minimum atomic E-state index is -1.27. The van der Waals surface area contributed by atoms with Crippen molar-refractivity contribution in [2.45, 2.75) is 18.9 Å². The van der Waals surface area contributed by atoms with Crippen molar-refractivity contribution in [3.05, 3.63) is 29.8 Å². The number of carbonyl (C=O) groups excluding carboxylic acids is 1. The lowest BCUT2D eigenvalue weighted by molar-refractivity contribution is -0.126. The van der Waals surface area contributed by atoms with E-state index in [0.29, 0.717) is 13.0 Å². The molecule has 5 heteroatoms. The van der Waals surface area contributed by atoms with Gasteiger partial charge in [0.15, 0.2) is 0 Å². The zero-order chi connectivity index (χ0) is 13.9. The van der Waals surface area contributed by atoms with E-state index in [1.54, 1.807) is 0 Å². The minimum absolute atomic E-state index is 0.0560. The first-order valence-electron chi connectivity index (χ1n) is 6.44. The number of aliphatic hydroxyl groups excluding tert-OH is 1. The molecule has 2 unspecified atom stereocenters. The molecule has 4 N–H and O–H groups in total. The third-order valence-electron chi connectivity index (χ3n) is 3.38. The van der Waals surface area contributed by atoms with E-state index in [1.165, 1.54) is 6.92 Å². The van der Waals surface area contributed by atoms with Crippen LogP contribution in [0.2, 0.25) is 0 Å². The summed E-state index contributed by atoms with van der Waals surface area (Å²) in [6.07, 6.45) is 0.691. The predicted molar refractivity (Wildman–Crippen MR) is 72.8 cm³/mol. The molecule has 104 valence electrons. The molecule has 1 heterocycles. The van der Waals surface area contributed by atoms with E-state index in [9.17, 15) is 9.90 Å². The Balaban J connectivity index is 1.92. The van der Waals surface area contributed by atoms with E-state index < -0.39 is 5.60 Å². The second-order valence-electron chi connectivity index (χ2n) is 5.31. The van der Waals surface area contributed by atoms with Gasteiger partial charge in [-0.1, -0.05) is 18.2 Å². The Hall–Kier alpha value is -1.59. The third-order valence-corrected chi connectivity index (χ3v) is 3.38. The molecule has 0 saturated carbocycles. The Kier molecular flexibility index (Phi) is 4.07. The van der Waals surface area contributed by atoms with Crippen LogP contribution in [0, 0.1) is 5.92 Å². The molecule has 2 rings (SSSR count). The van der Waals surface area contributed by atoms with Crippen LogP contribution in [0.25, 0.3) is 0 Å². The van der Waals surface area contributed by atoms with Gasteiger partial charge in [-0.05, 0) is 25.0 Å². The fourth-order valence-corrected chi connectivity index (χ4v) is 2.10. The van der Waals surface area contributed by atoms with Gasteiger partial charge in [-0.25, -0.2) is 0 Å². The summed E-state index contributed by atoms with van der Waals surface area (Å²) in [4.78, 5) is 12.0. The van der Waals surface area contributed by atoms with E-state index in [-0.39, 0.29) is 25.0 Å². The maximum absolute atomic E-state index is 12.0. The average molecular weight is 264 g/mol. The molecule has 1 aliphatic rings. The molecular weight excluding hydrogens is 244 g/mol. The zero-order valence-electron chi connectivity index (χ0n) is 11.0. The Morgan fingerprint density at radius 3 is 3.00 bits per heavy atom. The fourth-order valence-electron chi connectivity index (χ4n) is 2.10. The molecule has 1 aliphatic heterocycles. The average Bonchev–Trinajstić information content (AvgIpc) is 2.44. The predicted octanol–water partition coefficient (Wildman–Crippen LogP) is 0.130. The summed E-state index contributed by atoms with van der Waals surface area (Å²) in [6, 6.07) is 7.92. The van der Waals surface area contributed by atoms with Crippen molar-refractivity contribution in [1.82, 2.24) is 5.32 Å². The van der Waals surface area contributed by atoms with Crippen LogP contribution in [0.5, 0.6) is 0 Å². The summed E-state index contributed by atoms with van der Waals surface area (Å²) in [5.41, 5.74) is 0.937. The molecule has 0 fully saturated rings. The van der Waals surface area contributed by atoms with Gasteiger partial charge in [0.2, 0.25) is 5.91 Å². The number of carbonyl (C=O) groups is 1. The number of amides is 1. The molecule has 0 aromatic heterocycles. The lowest BCUT2D eigenvalue weighted by Crippen LogP contribution is -2.47. The van der Waals surface area contributed by atoms with Crippen molar-refractivity contribution in [3.8, 4) is 0 Å². The zero-order valence-corrected chi connectivity index (χ0v) is 11.0. The van der Waals surface area contributed by atoms with E-state index in [2.05, 4.69) is 10.6 Å². The van der Waals surface area contributed by atoms with Crippen LogP contribution in [0.1, 0.15) is 12.5 Å². The normalized spacial score (nSPS) is 20.9. The van der Waals surface area contributed by atoms with Crippen molar-refractivity contribution in [1.29, 1.82) is 0 Å². The molecule has 1 aromatic rings. The summed E-state index contributed by atoms with van der Waals surface area (Å²) in [6.45, 7) is 1.76. The first kappa shape index (κ1) is 13.8. The van der Waals surface area contributed by atoms with E-state index in [0.717, 1.165) is 11.3 Å². The summed E-state index contributed by atoms with van der Waals surface area (Å²) in [5.74, 6) is -0.250. The molecule has 0 saturated heterocycles. The van der Waals surface area contributed by atoms with Gasteiger partial charge in [0.1, 0.15) is 5.60 Å². The number of nitrogens with one attached hydrogen (secondary N) is 2. The van der Waals surface area contributed by atoms with Crippen molar-refractivity contribution >= 4 is 11.6 Å². The highest BCUT2D eigenvalue weighted by atomic mass is 16.3. The van der Waals surface area contributed by atoms with Crippen LogP contribution >= 0.6 is 0 Å². The largest absolute Gasteiger partial charge is 0.393 e. The highest BCUT2D eigenvalue weighted by Crippen LogP contribution is 2.24. The van der Waals surface area contributed by atoms with E-state index >= 15 is 0 Å². The van der Waals surface area contributed by atoms with Gasteiger partial charge in [-0.2, -0.15) is 0 Å². The van der Waals surface area contributed by atoms with Crippen molar-refractivity contribution in [2.24, 2.45) is 5.92 Å². The molecule has 19 heavy (non-hydrogen) atoms. The van der Waals surface area contributed by atoms with Gasteiger partial charge < -0.3 is 20.8 Å². The summed E-state index contributed by atoms with van der Waals surface area (Å²) in [7, 11) is 0. The number of aliphatic hydroxyl groups is 2. The van der Waals surface area contributed by atoms with Gasteiger partial charge >= 0.3 is 0 Å². The standard InChI is InChI=1S/C14H20N2O3/c1-14(19,9-17)8-16-13(18)11-6-10-4-2-3-5-12(10)15-7-11/h2-5,11,15,17,19H,6-9H2,1H3,(H,16,18). The Bertz CT molecular complexity index is 460. The number of anilines is 1. The maximum Gasteiger partial charge on any atom is 0.225 e. The van der Waals surface area contributed by atoms with Crippen LogP contribution in [-0.4, -0.2) is 41.4 Å². The highest BCUT2D eigenvalue weighted by Gasteiger charge is 2.26. The molecule has 0 radical (unpaired) electrons. The second-order valence-corrected chi connectivity index (χ2v) is 5.31. The second kappa shape index (κ2) is 5.59. The fraction of sp³-hybridized carbons (Fsp3) is 0.500. The number of para-hydroxylation sites is 1. The summed E-state index contributed by atoms with van der Waals surface area (Å²) < 4.78 is 0. The van der Waals surface area contributed by atoms with Crippen LogP contribution in [0.15, 0.2) is 24.3 Å². The number of fused-ring (bicyclic) bond motifs is 1. The maximum atomic E-state index is 12.0. The van der Waals surface area contributed by atoms with E-state index in [1.807, 2.05) is 24.3 Å². The van der Waals surface area contributed by atoms with Crippen molar-refractivity contribution in [3.63, 3.8) is 0 Å². The summed E-state index contributed by atoms with van der Waals surface area (Å²) >= 11 is 0. The van der Waals surface area contributed by atoms with Gasteiger partial charge in [-0.15, -0.1) is 0 Å². The minimum Gasteiger partial charge on any atom is -0.393 e. The molecule has 0 aliphatic carbocycles. The number of rotatable bonds is 4. The monoisotopic (exact) mass is 264 g/mol. The topological polar surface area (TPSA) is 81.6 Å². The molecular formula is C14H20N2O3. The van der Waals surface area contributed by atoms with Crippen molar-refractivity contribution < 1.29 is 15.0 Å². The number of hydrogen-bond donors (Lipinski definition) is 4. The van der Waals surface area contributed by atoms with Crippen molar-refractivity contribution in [2.75, 3.05) is 25.0 Å². The molecule has 5 nitrogen and oxygen atoms in total. The molecule has 1 aromatic carbocycles. The van der Waals surface area contributed by atoms with Gasteiger partial charge in [0.05, 0.1) is 12.5 Å². The van der Waals surface area contributed by atoms with Gasteiger partial charge in [0, 0.05) is 18.8 Å². The molecule has 0 bridgehead atoms. The van der Waals surface area contributed by atoms with Crippen LogP contribution in [-0.2, 0) is 11.2 Å². The van der Waals surface area contributed by atoms with Gasteiger partial charge in [0.25, 0.3) is 0 Å². The Morgan fingerprint density at radius 2 is 2.26 bits per heavy atom. The molecule has 2 atom stereocenters. The smallest absolute Gasteiger partial charge is 0.225 e. The first-order chi connectivity index (χ1) is 9.02. The number of hydrogen-bond acceptors (Lipinski definition) is 4. The van der Waals surface area contributed by atoms with Crippen LogP contribution in [0.4, 0.5) is 5.69 Å². The lowest BCUT2D eigenvalue weighted by Gasteiger charge is -2.27. The van der Waals surface area contributed by atoms with Crippen LogP contribution in [0.3, 0.4) is 0 Å². The Morgan fingerprint density at radius 1 is 1.53 bits per heavy atom. The molecule has 1 amide bonds. The van der Waals surface area contributed by atoms with Crippen LogP contribution < -0.4 is 10.6 Å². The SMILES string of the molecule is CC(O)(CO)CNC(=O)C1CNc2ccccc2C1. The highest BCUT2D eigenvalue weighted by molar-refractivity contribution is 5.80. The lowest BCUT2D eigenvalue weighted by atomic mass is 9.93. The first-order valence-corrected chi connectivity index (χ1v) is 6.44. The number of benzene rings is 1. The quantitative estimate of drug-likeness (QED) is 0.623. The van der Waals surface area contributed by atoms with E-state index in [4.69, 9.17) is 5.11 Å². The molecule has 0 spiro atoms. The van der Waals surface area contributed by atoms with Gasteiger partial charge in [-0.3, -0.25) is 4.79 Å². The Labute approximate surface area is 112 Å².